The molecule has 0 aliphatic rings. The van der Waals surface area contributed by atoms with Crippen LogP contribution in [0, 0.1) is 0 Å². The van der Waals surface area contributed by atoms with Crippen LogP contribution in [0.3, 0.4) is 0 Å². The van der Waals surface area contributed by atoms with Crippen LogP contribution in [0.15, 0.2) is 146 Å². The Morgan fingerprint density at radius 1 is 0.391 bits per heavy atom. The van der Waals surface area contributed by atoms with Crippen molar-refractivity contribution in [1.29, 1.82) is 0 Å². The van der Waals surface area contributed by atoms with Gasteiger partial charge in [0.25, 0.3) is 0 Å². The minimum absolute atomic E-state index is 0.640. The van der Waals surface area contributed by atoms with E-state index in [0.717, 1.165) is 49.7 Å². The SMILES string of the molecule is c1ccc(-c2nc(-c3ccccc3)nc(-c3ccc4c(c3)c3cccc5c6ccccc6n6cnc7cccc(c76)n4c53)n2)cc1. The van der Waals surface area contributed by atoms with Crippen molar-refractivity contribution in [1.82, 2.24) is 28.7 Å². The Kier molecular flexibility index (Phi) is 5.19. The average Bonchev–Trinajstić information content (AvgIpc) is 3.71. The van der Waals surface area contributed by atoms with Gasteiger partial charge in [0, 0.05) is 38.2 Å². The van der Waals surface area contributed by atoms with Crippen molar-refractivity contribution in [3.8, 4) is 34.2 Å². The molecule has 0 atom stereocenters. The van der Waals surface area contributed by atoms with Gasteiger partial charge < -0.3 is 4.40 Å². The van der Waals surface area contributed by atoms with Crippen molar-refractivity contribution < 1.29 is 0 Å². The summed E-state index contributed by atoms with van der Waals surface area (Å²) in [6, 6.07) is 48.4. The zero-order chi connectivity index (χ0) is 30.2. The van der Waals surface area contributed by atoms with Gasteiger partial charge in [-0.2, -0.15) is 0 Å². The van der Waals surface area contributed by atoms with Crippen LogP contribution >= 0.6 is 0 Å². The molecule has 0 spiro atoms. The second-order valence-corrected chi connectivity index (χ2v) is 11.6. The van der Waals surface area contributed by atoms with E-state index in [1.54, 1.807) is 0 Å². The number of aromatic nitrogens is 6. The second kappa shape index (κ2) is 9.55. The Labute approximate surface area is 262 Å². The van der Waals surface area contributed by atoms with Crippen LogP contribution in [-0.4, -0.2) is 28.7 Å². The molecular weight excluding hydrogens is 564 g/mol. The van der Waals surface area contributed by atoms with E-state index >= 15 is 0 Å². The van der Waals surface area contributed by atoms with E-state index in [-0.39, 0.29) is 0 Å². The molecule has 6 aromatic carbocycles. The molecule has 0 saturated heterocycles. The Bertz CT molecular complexity index is 2740. The number of fused-ring (bicyclic) bond motifs is 7. The highest BCUT2D eigenvalue weighted by Crippen LogP contribution is 2.38. The maximum Gasteiger partial charge on any atom is 0.164 e. The molecule has 0 fully saturated rings. The van der Waals surface area contributed by atoms with E-state index in [1.165, 1.54) is 21.7 Å². The summed E-state index contributed by atoms with van der Waals surface area (Å²) in [5.41, 5.74) is 9.40. The van der Waals surface area contributed by atoms with Crippen LogP contribution in [0.25, 0.3) is 88.8 Å². The Morgan fingerprint density at radius 2 is 0.978 bits per heavy atom. The molecule has 0 saturated carbocycles. The van der Waals surface area contributed by atoms with E-state index in [2.05, 4.69) is 87.7 Å². The first-order valence-corrected chi connectivity index (χ1v) is 15.3. The van der Waals surface area contributed by atoms with Gasteiger partial charge in [-0.1, -0.05) is 103 Å². The molecule has 0 aliphatic heterocycles. The van der Waals surface area contributed by atoms with Gasteiger partial charge in [0.15, 0.2) is 17.5 Å². The lowest BCUT2D eigenvalue weighted by Gasteiger charge is -2.09. The summed E-state index contributed by atoms with van der Waals surface area (Å²) in [6.45, 7) is 0. The van der Waals surface area contributed by atoms with Crippen molar-refractivity contribution >= 4 is 54.6 Å². The van der Waals surface area contributed by atoms with E-state index in [4.69, 9.17) is 19.9 Å². The molecule has 10 aromatic rings. The highest BCUT2D eigenvalue weighted by Gasteiger charge is 2.18. The van der Waals surface area contributed by atoms with Crippen molar-refractivity contribution in [2.24, 2.45) is 0 Å². The van der Waals surface area contributed by atoms with Crippen LogP contribution in [0.5, 0.6) is 0 Å². The van der Waals surface area contributed by atoms with Crippen molar-refractivity contribution in [2.75, 3.05) is 0 Å². The molecule has 0 amide bonds. The van der Waals surface area contributed by atoms with Crippen molar-refractivity contribution in [3.63, 3.8) is 0 Å². The third-order valence-electron chi connectivity index (χ3n) is 8.99. The third-order valence-corrected chi connectivity index (χ3v) is 8.99. The van der Waals surface area contributed by atoms with Gasteiger partial charge in [-0.3, -0.25) is 4.40 Å². The van der Waals surface area contributed by atoms with Crippen LogP contribution in [0.2, 0.25) is 0 Å². The summed E-state index contributed by atoms with van der Waals surface area (Å²) in [5, 5.41) is 4.67. The summed E-state index contributed by atoms with van der Waals surface area (Å²) in [6.07, 6.45) is 1.94. The molecule has 0 bridgehead atoms. The third kappa shape index (κ3) is 3.58. The van der Waals surface area contributed by atoms with Crippen LogP contribution < -0.4 is 0 Å². The first-order chi connectivity index (χ1) is 22.8. The molecular formula is C40H24N6. The molecule has 0 unspecified atom stereocenters. The fourth-order valence-corrected chi connectivity index (χ4v) is 6.94. The van der Waals surface area contributed by atoms with Gasteiger partial charge >= 0.3 is 0 Å². The first kappa shape index (κ1) is 25.0. The van der Waals surface area contributed by atoms with Gasteiger partial charge in [0.05, 0.1) is 33.1 Å². The quantitative estimate of drug-likeness (QED) is 0.206. The average molecular weight is 589 g/mol. The van der Waals surface area contributed by atoms with Gasteiger partial charge in [-0.25, -0.2) is 19.9 Å². The van der Waals surface area contributed by atoms with Crippen molar-refractivity contribution in [3.05, 3.63) is 146 Å². The molecule has 10 rings (SSSR count). The predicted molar refractivity (Wildman–Crippen MR) is 186 cm³/mol. The smallest absolute Gasteiger partial charge is 0.164 e. The van der Waals surface area contributed by atoms with Crippen LogP contribution in [-0.2, 0) is 0 Å². The Balaban J connectivity index is 1.32. The number of para-hydroxylation sites is 3. The van der Waals surface area contributed by atoms with Gasteiger partial charge in [-0.05, 0) is 36.4 Å². The number of nitrogens with zero attached hydrogens (tertiary/aromatic N) is 6. The molecule has 6 heteroatoms. The minimum Gasteiger partial charge on any atom is -0.306 e. The summed E-state index contributed by atoms with van der Waals surface area (Å²) in [5.74, 6) is 1.94. The molecule has 4 aromatic heterocycles. The summed E-state index contributed by atoms with van der Waals surface area (Å²) >= 11 is 0. The molecule has 46 heavy (non-hydrogen) atoms. The zero-order valence-electron chi connectivity index (χ0n) is 24.5. The zero-order valence-corrected chi connectivity index (χ0v) is 24.5. The molecule has 4 heterocycles. The van der Waals surface area contributed by atoms with Crippen molar-refractivity contribution in [2.45, 2.75) is 0 Å². The largest absolute Gasteiger partial charge is 0.306 e. The highest BCUT2D eigenvalue weighted by atomic mass is 15.0. The van der Waals surface area contributed by atoms with Gasteiger partial charge in [0.1, 0.15) is 6.33 Å². The van der Waals surface area contributed by atoms with E-state index in [0.29, 0.717) is 17.5 Å². The molecule has 214 valence electrons. The topological polar surface area (TPSA) is 60.4 Å². The number of benzene rings is 6. The number of hydrogen-bond donors (Lipinski definition) is 0. The summed E-state index contributed by atoms with van der Waals surface area (Å²) in [4.78, 5) is 19.7. The summed E-state index contributed by atoms with van der Waals surface area (Å²) < 4.78 is 4.63. The fourth-order valence-electron chi connectivity index (χ4n) is 6.94. The highest BCUT2D eigenvalue weighted by molar-refractivity contribution is 6.21. The lowest BCUT2D eigenvalue weighted by atomic mass is 10.1. The Morgan fingerprint density at radius 3 is 1.72 bits per heavy atom. The van der Waals surface area contributed by atoms with Gasteiger partial charge in [0.2, 0.25) is 0 Å². The lowest BCUT2D eigenvalue weighted by molar-refractivity contribution is 1.07. The lowest BCUT2D eigenvalue weighted by Crippen LogP contribution is -2.00. The summed E-state index contributed by atoms with van der Waals surface area (Å²) in [7, 11) is 0. The number of hydrogen-bond acceptors (Lipinski definition) is 4. The maximum absolute atomic E-state index is 5.02. The normalized spacial score (nSPS) is 11.9. The second-order valence-electron chi connectivity index (χ2n) is 11.6. The molecule has 0 radical (unpaired) electrons. The van der Waals surface area contributed by atoms with E-state index in [9.17, 15) is 0 Å². The minimum atomic E-state index is 0.640. The van der Waals surface area contributed by atoms with Gasteiger partial charge in [-0.15, -0.1) is 0 Å². The van der Waals surface area contributed by atoms with Crippen LogP contribution in [0.4, 0.5) is 0 Å². The van der Waals surface area contributed by atoms with E-state index in [1.807, 2.05) is 67.0 Å². The molecule has 0 N–H and O–H groups in total. The molecule has 0 aliphatic carbocycles. The Hall–Kier alpha value is -6.40. The van der Waals surface area contributed by atoms with E-state index < -0.39 is 0 Å². The first-order valence-electron chi connectivity index (χ1n) is 15.3. The monoisotopic (exact) mass is 588 g/mol. The van der Waals surface area contributed by atoms with Crippen LogP contribution in [0.1, 0.15) is 0 Å². The number of imidazole rings is 1. The molecule has 6 nitrogen and oxygen atoms in total. The standard InChI is InChI=1S/C40H24N6/c1-3-11-25(12-4-1)38-42-39(26-13-5-2-6-14-26)44-40(43-38)27-21-22-34-31(23-27)30-17-9-16-29-28-15-7-8-19-33(28)45-24-41-32-18-10-20-35(37(32)45)46(34)36(29)30/h1-24H. The number of rotatable bonds is 3. The fraction of sp³-hybridized carbons (Fsp3) is 0. The maximum atomic E-state index is 5.02. The predicted octanol–water partition coefficient (Wildman–Crippen LogP) is 9.39.